The van der Waals surface area contributed by atoms with Gasteiger partial charge in [-0.3, -0.25) is 0 Å². The van der Waals surface area contributed by atoms with Gasteiger partial charge in [-0.15, -0.1) is 0 Å². The maximum absolute atomic E-state index is 12.6. The van der Waals surface area contributed by atoms with Crippen LogP contribution in [0.4, 0.5) is 26.3 Å². The average Bonchev–Trinajstić information content (AvgIpc) is 2.76. The van der Waals surface area contributed by atoms with Crippen molar-refractivity contribution in [1.82, 2.24) is 9.97 Å². The topological polar surface area (TPSA) is 28.7 Å². The van der Waals surface area contributed by atoms with E-state index in [1.165, 1.54) is 0 Å². The molecule has 0 aliphatic carbocycles. The molecule has 0 spiro atoms. The van der Waals surface area contributed by atoms with Crippen LogP contribution in [0.3, 0.4) is 0 Å². The number of benzene rings is 1. The Bertz CT molecular complexity index is 629. The third-order valence-electron chi connectivity index (χ3n) is 2.43. The number of hydrogen-bond acceptors (Lipinski definition) is 1. The molecule has 0 radical (unpaired) electrons. The maximum atomic E-state index is 12.6. The first-order valence-corrected chi connectivity index (χ1v) is 5.87. The zero-order chi connectivity index (χ0) is 15.1. The van der Waals surface area contributed by atoms with Crippen LogP contribution < -0.4 is 0 Å². The van der Waals surface area contributed by atoms with Gasteiger partial charge in [0, 0.05) is 10.0 Å². The second-order valence-electron chi connectivity index (χ2n) is 3.84. The first-order chi connectivity index (χ1) is 9.09. The van der Waals surface area contributed by atoms with Gasteiger partial charge in [0.05, 0.1) is 11.8 Å². The Kier molecular flexibility index (Phi) is 3.57. The van der Waals surface area contributed by atoms with E-state index in [1.807, 2.05) is 4.98 Å². The fourth-order valence-electron chi connectivity index (χ4n) is 1.49. The number of alkyl halides is 6. The quantitative estimate of drug-likeness (QED) is 0.723. The van der Waals surface area contributed by atoms with Crippen molar-refractivity contribution < 1.29 is 26.3 Å². The Labute approximate surface area is 117 Å². The third-order valence-corrected chi connectivity index (χ3v) is 3.12. The minimum Gasteiger partial charge on any atom is -0.334 e. The van der Waals surface area contributed by atoms with Gasteiger partial charge in [-0.25, -0.2) is 4.98 Å². The number of imidazole rings is 1. The summed E-state index contributed by atoms with van der Waals surface area (Å²) >= 11 is 2.99. The van der Waals surface area contributed by atoms with Crippen LogP contribution in [-0.2, 0) is 12.4 Å². The molecular weight excluding hydrogens is 354 g/mol. The number of rotatable bonds is 1. The minimum absolute atomic E-state index is 0.102. The molecule has 9 heteroatoms. The van der Waals surface area contributed by atoms with Crippen LogP contribution >= 0.6 is 15.9 Å². The molecule has 1 heterocycles. The summed E-state index contributed by atoms with van der Waals surface area (Å²) in [4.78, 5) is 5.42. The summed E-state index contributed by atoms with van der Waals surface area (Å²) in [6, 6.07) is 2.65. The van der Waals surface area contributed by atoms with E-state index in [0.29, 0.717) is 6.20 Å². The molecule has 1 N–H and O–H groups in total. The van der Waals surface area contributed by atoms with Crippen molar-refractivity contribution in [1.29, 1.82) is 0 Å². The van der Waals surface area contributed by atoms with Crippen LogP contribution in [0.15, 0.2) is 28.9 Å². The molecule has 0 unspecified atom stereocenters. The van der Waals surface area contributed by atoms with Gasteiger partial charge in [0.2, 0.25) is 0 Å². The first kappa shape index (κ1) is 14.9. The number of nitrogens with zero attached hydrogens (tertiary/aromatic N) is 1. The highest BCUT2D eigenvalue weighted by atomic mass is 79.9. The van der Waals surface area contributed by atoms with Crippen LogP contribution in [0.2, 0.25) is 0 Å². The largest absolute Gasteiger partial charge is 0.432 e. The molecule has 0 amide bonds. The lowest BCUT2D eigenvalue weighted by Gasteiger charge is -2.09. The number of halogens is 7. The predicted octanol–water partition coefficient (Wildman–Crippen LogP) is 4.88. The van der Waals surface area contributed by atoms with Crippen molar-refractivity contribution >= 4 is 15.9 Å². The number of H-pyrrole nitrogens is 1. The van der Waals surface area contributed by atoms with Gasteiger partial charge in [-0.2, -0.15) is 26.3 Å². The van der Waals surface area contributed by atoms with Gasteiger partial charge in [-0.1, -0.05) is 15.9 Å². The fraction of sp³-hybridized carbons (Fsp3) is 0.182. The minimum atomic E-state index is -4.64. The molecule has 2 nitrogen and oxygen atoms in total. The van der Waals surface area contributed by atoms with Gasteiger partial charge in [0.25, 0.3) is 0 Å². The molecule has 0 atom stereocenters. The van der Waals surface area contributed by atoms with E-state index in [4.69, 9.17) is 0 Å². The molecule has 108 valence electrons. The number of nitrogens with one attached hydrogen (secondary N) is 1. The fourth-order valence-corrected chi connectivity index (χ4v) is 1.92. The van der Waals surface area contributed by atoms with Gasteiger partial charge in [0.1, 0.15) is 11.5 Å². The number of hydrogen-bond donors (Lipinski definition) is 1. The average molecular weight is 359 g/mol. The molecule has 0 saturated carbocycles. The van der Waals surface area contributed by atoms with E-state index in [-0.39, 0.29) is 15.9 Å². The summed E-state index contributed by atoms with van der Waals surface area (Å²) in [5, 5.41) is 0. The molecule has 0 fully saturated rings. The van der Waals surface area contributed by atoms with Crippen LogP contribution in [0.5, 0.6) is 0 Å². The maximum Gasteiger partial charge on any atom is 0.432 e. The van der Waals surface area contributed by atoms with Crippen LogP contribution in [0.25, 0.3) is 11.4 Å². The van der Waals surface area contributed by atoms with Crippen molar-refractivity contribution in [2.24, 2.45) is 0 Å². The Morgan fingerprint density at radius 3 is 2.15 bits per heavy atom. The number of aromatic amines is 1. The molecule has 0 saturated heterocycles. The highest BCUT2D eigenvalue weighted by Crippen LogP contribution is 2.36. The number of aromatic nitrogens is 2. The standard InChI is InChI=1S/C11H5BrF6N2/c12-7-2-1-5(10(13,14)15)3-6(7)9-19-4-8(20-9)11(16,17)18/h1-4H,(H,19,20). The molecule has 2 rings (SSSR count). The molecular formula is C11H5BrF6N2. The second kappa shape index (κ2) is 4.80. The smallest absolute Gasteiger partial charge is 0.334 e. The lowest BCUT2D eigenvalue weighted by atomic mass is 10.1. The highest BCUT2D eigenvalue weighted by Gasteiger charge is 2.34. The van der Waals surface area contributed by atoms with E-state index >= 15 is 0 Å². The lowest BCUT2D eigenvalue weighted by molar-refractivity contribution is -0.141. The van der Waals surface area contributed by atoms with Crippen LogP contribution in [-0.4, -0.2) is 9.97 Å². The molecule has 20 heavy (non-hydrogen) atoms. The van der Waals surface area contributed by atoms with E-state index in [0.717, 1.165) is 18.2 Å². The molecule has 0 aliphatic rings. The van der Waals surface area contributed by atoms with Crippen molar-refractivity contribution in [2.75, 3.05) is 0 Å². The van der Waals surface area contributed by atoms with E-state index in [1.54, 1.807) is 0 Å². The highest BCUT2D eigenvalue weighted by molar-refractivity contribution is 9.10. The molecule has 0 aliphatic heterocycles. The van der Waals surface area contributed by atoms with E-state index < -0.39 is 23.6 Å². The van der Waals surface area contributed by atoms with E-state index in [9.17, 15) is 26.3 Å². The summed E-state index contributed by atoms with van der Waals surface area (Å²) in [7, 11) is 0. The summed E-state index contributed by atoms with van der Waals surface area (Å²) < 4.78 is 75.2. The summed E-state index contributed by atoms with van der Waals surface area (Å²) in [5.74, 6) is -0.296. The molecule has 1 aromatic heterocycles. The lowest BCUT2D eigenvalue weighted by Crippen LogP contribution is -2.06. The normalized spacial score (nSPS) is 12.8. The predicted molar refractivity (Wildman–Crippen MR) is 61.7 cm³/mol. The zero-order valence-electron chi connectivity index (χ0n) is 9.40. The van der Waals surface area contributed by atoms with E-state index in [2.05, 4.69) is 20.9 Å². The van der Waals surface area contributed by atoms with Crippen molar-refractivity contribution in [3.8, 4) is 11.4 Å². The Morgan fingerprint density at radius 2 is 1.65 bits per heavy atom. The van der Waals surface area contributed by atoms with Crippen molar-refractivity contribution in [2.45, 2.75) is 12.4 Å². The third kappa shape index (κ3) is 2.97. The summed E-state index contributed by atoms with van der Waals surface area (Å²) in [5.41, 5.74) is -2.20. The second-order valence-corrected chi connectivity index (χ2v) is 4.69. The van der Waals surface area contributed by atoms with Gasteiger partial charge in [0.15, 0.2) is 0 Å². The van der Waals surface area contributed by atoms with Crippen molar-refractivity contribution in [3.05, 3.63) is 40.1 Å². The van der Waals surface area contributed by atoms with Gasteiger partial charge >= 0.3 is 12.4 Å². The van der Waals surface area contributed by atoms with Crippen molar-refractivity contribution in [3.63, 3.8) is 0 Å². The Hall–Kier alpha value is -1.51. The monoisotopic (exact) mass is 358 g/mol. The van der Waals surface area contributed by atoms with Gasteiger partial charge in [-0.05, 0) is 18.2 Å². The zero-order valence-corrected chi connectivity index (χ0v) is 11.0. The summed E-state index contributed by atoms with van der Waals surface area (Å²) in [6.45, 7) is 0. The van der Waals surface area contributed by atoms with Crippen LogP contribution in [0, 0.1) is 0 Å². The summed E-state index contributed by atoms with van der Waals surface area (Å²) in [6.07, 6.45) is -8.70. The van der Waals surface area contributed by atoms with Crippen LogP contribution in [0.1, 0.15) is 11.3 Å². The SMILES string of the molecule is FC(F)(F)c1ccc(Br)c(-c2ncc(C(F)(F)F)[nH]2)c1. The molecule has 0 bridgehead atoms. The molecule has 1 aromatic carbocycles. The van der Waals surface area contributed by atoms with Gasteiger partial charge < -0.3 is 4.98 Å². The molecule has 2 aromatic rings. The Morgan fingerprint density at radius 1 is 1.00 bits per heavy atom. The first-order valence-electron chi connectivity index (χ1n) is 5.08. The Balaban J connectivity index is 2.50.